The highest BCUT2D eigenvalue weighted by Gasteiger charge is 2.33. The van der Waals surface area contributed by atoms with E-state index in [1.54, 1.807) is 12.1 Å². The number of alkyl halides is 2. The van der Waals surface area contributed by atoms with Gasteiger partial charge in [-0.3, -0.25) is 0 Å². The molecular formula is C36H48F2O. The maximum atomic E-state index is 14.8. The fraction of sp³-hybridized carbons (Fsp3) is 0.556. The van der Waals surface area contributed by atoms with Crippen LogP contribution in [0.25, 0.3) is 0 Å². The molecule has 212 valence electrons. The van der Waals surface area contributed by atoms with Crippen LogP contribution in [0.5, 0.6) is 0 Å². The largest absolute Gasteiger partial charge is 0.383 e. The molecule has 0 unspecified atom stereocenters. The van der Waals surface area contributed by atoms with Crippen LogP contribution in [0.1, 0.15) is 118 Å². The minimum atomic E-state index is -3.27. The summed E-state index contributed by atoms with van der Waals surface area (Å²) in [5.74, 6) is 2.76. The van der Waals surface area contributed by atoms with Crippen molar-refractivity contribution in [3.8, 4) is 0 Å². The zero-order valence-corrected chi connectivity index (χ0v) is 23.9. The Hall–Kier alpha value is -2.26. The Bertz CT molecular complexity index is 1010. The van der Waals surface area contributed by atoms with Crippen LogP contribution >= 0.6 is 0 Å². The molecule has 1 nitrogen and oxygen atoms in total. The second-order valence-electron chi connectivity index (χ2n) is 11.9. The molecule has 2 fully saturated rings. The molecule has 0 aliphatic heterocycles. The van der Waals surface area contributed by atoms with Crippen molar-refractivity contribution in [3.63, 3.8) is 0 Å². The van der Waals surface area contributed by atoms with E-state index in [1.807, 2.05) is 18.2 Å². The molecule has 2 aliphatic rings. The van der Waals surface area contributed by atoms with Gasteiger partial charge in [0, 0.05) is 0 Å². The predicted octanol–water partition coefficient (Wildman–Crippen LogP) is 10.9. The van der Waals surface area contributed by atoms with Crippen LogP contribution in [0, 0.1) is 11.8 Å². The lowest BCUT2D eigenvalue weighted by atomic mass is 9.77. The molecule has 0 amide bonds. The van der Waals surface area contributed by atoms with Gasteiger partial charge in [0.2, 0.25) is 0 Å². The van der Waals surface area contributed by atoms with Crippen molar-refractivity contribution < 1.29 is 13.5 Å². The first-order valence-electron chi connectivity index (χ1n) is 15.4. The number of hydrogen-bond acceptors (Lipinski definition) is 1. The smallest absolute Gasteiger partial charge is 0.316 e. The summed E-state index contributed by atoms with van der Waals surface area (Å²) in [4.78, 5) is 0. The fourth-order valence-electron chi connectivity index (χ4n) is 6.71. The summed E-state index contributed by atoms with van der Waals surface area (Å²) in [5, 5.41) is 0. The Balaban J connectivity index is 1.20. The van der Waals surface area contributed by atoms with Crippen LogP contribution in [0.2, 0.25) is 0 Å². The van der Waals surface area contributed by atoms with Gasteiger partial charge in [-0.15, -0.1) is 6.58 Å². The summed E-state index contributed by atoms with van der Waals surface area (Å²) in [5.41, 5.74) is 3.57. The maximum absolute atomic E-state index is 14.8. The van der Waals surface area contributed by atoms with Gasteiger partial charge in [0.15, 0.2) is 0 Å². The lowest BCUT2D eigenvalue weighted by molar-refractivity contribution is -0.248. The first-order valence-corrected chi connectivity index (χ1v) is 15.4. The van der Waals surface area contributed by atoms with E-state index in [2.05, 4.69) is 49.9 Å². The summed E-state index contributed by atoms with van der Waals surface area (Å²) in [7, 11) is 0. The quantitative estimate of drug-likeness (QED) is 0.232. The number of rotatable bonds is 13. The van der Waals surface area contributed by atoms with Crippen molar-refractivity contribution in [2.45, 2.75) is 108 Å². The fourth-order valence-corrected chi connectivity index (χ4v) is 6.71. The second kappa shape index (κ2) is 14.9. The number of allylic oxidation sites excluding steroid dienone is 3. The highest BCUT2D eigenvalue weighted by molar-refractivity contribution is 5.28. The average Bonchev–Trinajstić information content (AvgIpc) is 2.97. The van der Waals surface area contributed by atoms with Crippen molar-refractivity contribution in [3.05, 3.63) is 95.6 Å². The zero-order chi connectivity index (χ0) is 27.5. The molecule has 39 heavy (non-hydrogen) atoms. The van der Waals surface area contributed by atoms with Crippen molar-refractivity contribution in [1.82, 2.24) is 0 Å². The lowest BCUT2D eigenvalue weighted by Gasteiger charge is -2.29. The standard InChI is InChI=1S/C36H48F2O/c1-3-5-7-9-29-12-18-33(19-13-29)34-22-24-35(25-23-34)36(37,38)39-27-26-30-14-20-32(21-15-30)31-16-10-28(11-17-31)8-6-4-2/h3-5,14-15,20-25,28-29,31,33H,2,6-13,16-19,26-27H2,1H3. The van der Waals surface area contributed by atoms with Crippen LogP contribution in [0.15, 0.2) is 73.3 Å². The van der Waals surface area contributed by atoms with E-state index in [1.165, 1.54) is 68.9 Å². The van der Waals surface area contributed by atoms with Gasteiger partial charge in [0.25, 0.3) is 0 Å². The summed E-state index contributed by atoms with van der Waals surface area (Å²) < 4.78 is 34.7. The van der Waals surface area contributed by atoms with Crippen molar-refractivity contribution in [2.75, 3.05) is 6.61 Å². The molecule has 0 bridgehead atoms. The highest BCUT2D eigenvalue weighted by atomic mass is 19.3. The monoisotopic (exact) mass is 534 g/mol. The Morgan fingerprint density at radius 2 is 1.28 bits per heavy atom. The summed E-state index contributed by atoms with van der Waals surface area (Å²) >= 11 is 0. The predicted molar refractivity (Wildman–Crippen MR) is 159 cm³/mol. The summed E-state index contributed by atoms with van der Waals surface area (Å²) in [6.45, 7) is 5.92. The Morgan fingerprint density at radius 3 is 1.79 bits per heavy atom. The first-order chi connectivity index (χ1) is 19.0. The van der Waals surface area contributed by atoms with E-state index in [9.17, 15) is 8.78 Å². The SMILES string of the molecule is C=CCCC1CCC(c2ccc(CCOC(F)(F)c3ccc(C4CCC(CCC=CC)CC4)cc3)cc2)CC1. The van der Waals surface area contributed by atoms with Gasteiger partial charge in [0.05, 0.1) is 12.2 Å². The van der Waals surface area contributed by atoms with Gasteiger partial charge in [-0.25, -0.2) is 0 Å². The van der Waals surface area contributed by atoms with Crippen LogP contribution in [-0.2, 0) is 17.3 Å². The highest BCUT2D eigenvalue weighted by Crippen LogP contribution is 2.39. The molecule has 2 aliphatic carbocycles. The third-order valence-electron chi connectivity index (χ3n) is 9.29. The van der Waals surface area contributed by atoms with E-state index >= 15 is 0 Å². The lowest BCUT2D eigenvalue weighted by Crippen LogP contribution is -2.20. The molecule has 2 aromatic carbocycles. The van der Waals surface area contributed by atoms with Crippen molar-refractivity contribution in [1.29, 1.82) is 0 Å². The number of benzene rings is 2. The van der Waals surface area contributed by atoms with Gasteiger partial charge >= 0.3 is 6.11 Å². The summed E-state index contributed by atoms with van der Waals surface area (Å²) in [6.07, 6.45) is 18.3. The Morgan fingerprint density at radius 1 is 0.769 bits per heavy atom. The number of halogens is 2. The molecule has 3 heteroatoms. The zero-order valence-electron chi connectivity index (χ0n) is 23.9. The molecule has 0 heterocycles. The molecule has 2 aromatic rings. The van der Waals surface area contributed by atoms with Crippen LogP contribution in [0.3, 0.4) is 0 Å². The van der Waals surface area contributed by atoms with E-state index in [0.29, 0.717) is 18.3 Å². The molecule has 0 radical (unpaired) electrons. The van der Waals surface area contributed by atoms with E-state index in [4.69, 9.17) is 4.74 Å². The van der Waals surface area contributed by atoms with Gasteiger partial charge in [-0.1, -0.05) is 66.8 Å². The van der Waals surface area contributed by atoms with Gasteiger partial charge in [0.1, 0.15) is 0 Å². The molecule has 4 rings (SSSR count). The second-order valence-corrected chi connectivity index (χ2v) is 11.9. The minimum Gasteiger partial charge on any atom is -0.316 e. The first kappa shape index (κ1) is 29.7. The topological polar surface area (TPSA) is 9.23 Å². The maximum Gasteiger partial charge on any atom is 0.383 e. The Labute approximate surface area is 235 Å². The minimum absolute atomic E-state index is 0.000255. The molecule has 0 N–H and O–H groups in total. The molecule has 2 saturated carbocycles. The van der Waals surface area contributed by atoms with Gasteiger partial charge < -0.3 is 4.74 Å². The molecule has 0 atom stereocenters. The third-order valence-corrected chi connectivity index (χ3v) is 9.29. The van der Waals surface area contributed by atoms with Crippen LogP contribution in [0.4, 0.5) is 8.78 Å². The van der Waals surface area contributed by atoms with Crippen LogP contribution in [-0.4, -0.2) is 6.61 Å². The van der Waals surface area contributed by atoms with Gasteiger partial charge in [-0.05, 0) is 131 Å². The average molecular weight is 535 g/mol. The third kappa shape index (κ3) is 8.87. The Kier molecular flexibility index (Phi) is 11.4. The molecular weight excluding hydrogens is 486 g/mol. The number of ether oxygens (including phenoxy) is 1. The van der Waals surface area contributed by atoms with E-state index in [0.717, 1.165) is 36.7 Å². The molecule has 0 spiro atoms. The summed E-state index contributed by atoms with van der Waals surface area (Å²) in [6, 6.07) is 15.5. The normalized spacial score (nSPS) is 24.2. The van der Waals surface area contributed by atoms with Crippen molar-refractivity contribution >= 4 is 0 Å². The van der Waals surface area contributed by atoms with Gasteiger partial charge in [-0.2, -0.15) is 8.78 Å². The molecule has 0 aromatic heterocycles. The van der Waals surface area contributed by atoms with E-state index < -0.39 is 6.11 Å². The van der Waals surface area contributed by atoms with Crippen molar-refractivity contribution in [2.24, 2.45) is 11.8 Å². The number of hydrogen-bond donors (Lipinski definition) is 0. The van der Waals surface area contributed by atoms with Crippen LogP contribution < -0.4 is 0 Å². The van der Waals surface area contributed by atoms with E-state index in [-0.39, 0.29) is 12.2 Å². The molecule has 0 saturated heterocycles.